The van der Waals surface area contributed by atoms with Crippen molar-refractivity contribution in [3.63, 3.8) is 0 Å². The second kappa shape index (κ2) is 10.6. The van der Waals surface area contributed by atoms with Crippen LogP contribution in [-0.4, -0.2) is 65.5 Å². The predicted octanol–water partition coefficient (Wildman–Crippen LogP) is 4.41. The molecule has 1 aromatic carbocycles. The van der Waals surface area contributed by atoms with Gasteiger partial charge in [0.25, 0.3) is 5.91 Å². The van der Waals surface area contributed by atoms with Crippen molar-refractivity contribution in [3.8, 4) is 5.75 Å². The summed E-state index contributed by atoms with van der Waals surface area (Å²) in [6.45, 7) is 10.3. The molecule has 2 N–H and O–H groups in total. The van der Waals surface area contributed by atoms with Crippen molar-refractivity contribution in [1.82, 2.24) is 19.9 Å². The first-order chi connectivity index (χ1) is 17.9. The van der Waals surface area contributed by atoms with Gasteiger partial charge < -0.3 is 30.1 Å². The maximum Gasteiger partial charge on any atom is 0.293 e. The van der Waals surface area contributed by atoms with Crippen molar-refractivity contribution in [2.45, 2.75) is 13.3 Å². The van der Waals surface area contributed by atoms with Crippen LogP contribution in [0.25, 0.3) is 0 Å². The second-order valence-corrected chi connectivity index (χ2v) is 9.41. The van der Waals surface area contributed by atoms with E-state index in [4.69, 9.17) is 16.3 Å². The molecule has 1 fully saturated rings. The zero-order chi connectivity index (χ0) is 25.9. The SMILES string of the molecule is C=C1Oc2ccc(Nc3nc(Nc4ccc(N5CCN(C)CC5)nc4)ncc3Cl)cc2N(CCC)C1=O. The maximum absolute atomic E-state index is 12.6. The number of piperazine rings is 1. The minimum absolute atomic E-state index is 0.113. The van der Waals surface area contributed by atoms with Crippen LogP contribution in [0, 0.1) is 0 Å². The molecule has 2 aliphatic heterocycles. The molecule has 37 heavy (non-hydrogen) atoms. The topological polar surface area (TPSA) is 98.8 Å². The second-order valence-electron chi connectivity index (χ2n) is 9.00. The van der Waals surface area contributed by atoms with Gasteiger partial charge in [-0.1, -0.05) is 25.1 Å². The van der Waals surface area contributed by atoms with Gasteiger partial charge in [0.05, 0.1) is 23.8 Å². The molecule has 3 aromatic rings. The number of pyridine rings is 1. The van der Waals surface area contributed by atoms with Gasteiger partial charge in [0, 0.05) is 38.4 Å². The van der Waals surface area contributed by atoms with Gasteiger partial charge in [-0.05, 0) is 43.8 Å². The first kappa shape index (κ1) is 24.8. The number of hydrogen-bond donors (Lipinski definition) is 2. The standard InChI is InChI=1S/C26H29ClN8O2/c1-4-9-35-21-14-18(5-7-22(21)37-17(2)25(35)36)30-24-20(27)16-29-26(32-24)31-19-6-8-23(28-15-19)34-12-10-33(3)11-13-34/h5-8,14-16H,2,4,9-13H2,1,3H3,(H2,29,30,31,32). The molecule has 1 saturated heterocycles. The Balaban J connectivity index is 1.31. The van der Waals surface area contributed by atoms with Gasteiger partial charge in [-0.25, -0.2) is 9.97 Å². The molecule has 1 amide bonds. The van der Waals surface area contributed by atoms with E-state index in [-0.39, 0.29) is 11.7 Å². The number of nitrogens with zero attached hydrogens (tertiary/aromatic N) is 6. The highest BCUT2D eigenvalue weighted by Gasteiger charge is 2.28. The number of aromatic nitrogens is 3. The fraction of sp³-hybridized carbons (Fsp3) is 0.308. The Labute approximate surface area is 220 Å². The molecule has 192 valence electrons. The van der Waals surface area contributed by atoms with Crippen LogP contribution < -0.4 is 25.2 Å². The number of nitrogens with one attached hydrogen (secondary N) is 2. The minimum atomic E-state index is -0.245. The normalized spacial score (nSPS) is 15.9. The van der Waals surface area contributed by atoms with Crippen LogP contribution in [0.15, 0.2) is 55.1 Å². The van der Waals surface area contributed by atoms with Crippen molar-refractivity contribution in [2.24, 2.45) is 0 Å². The molecule has 2 aromatic heterocycles. The summed E-state index contributed by atoms with van der Waals surface area (Å²) in [6.07, 6.45) is 4.10. The molecule has 0 atom stereocenters. The average Bonchev–Trinajstić information content (AvgIpc) is 2.90. The smallest absolute Gasteiger partial charge is 0.293 e. The van der Waals surface area contributed by atoms with Gasteiger partial charge in [-0.2, -0.15) is 4.98 Å². The Hall–Kier alpha value is -3.89. The van der Waals surface area contributed by atoms with Crippen molar-refractivity contribution in [2.75, 3.05) is 60.2 Å². The molecular weight excluding hydrogens is 492 g/mol. The van der Waals surface area contributed by atoms with Crippen molar-refractivity contribution >= 4 is 52.2 Å². The fourth-order valence-electron chi connectivity index (χ4n) is 4.24. The summed E-state index contributed by atoms with van der Waals surface area (Å²) in [5.74, 6) is 2.20. The van der Waals surface area contributed by atoms with Crippen LogP contribution in [0.3, 0.4) is 0 Å². The summed E-state index contributed by atoms with van der Waals surface area (Å²) in [6, 6.07) is 9.42. The predicted molar refractivity (Wildman–Crippen MR) is 146 cm³/mol. The molecule has 0 unspecified atom stereocenters. The number of likely N-dealkylation sites (N-methyl/N-ethyl adjacent to an activating group) is 1. The summed E-state index contributed by atoms with van der Waals surface area (Å²) < 4.78 is 5.60. The van der Waals surface area contributed by atoms with Gasteiger partial charge in [-0.3, -0.25) is 4.79 Å². The van der Waals surface area contributed by atoms with E-state index in [2.05, 4.69) is 49.0 Å². The minimum Gasteiger partial charge on any atom is -0.450 e. The third-order valence-corrected chi connectivity index (χ3v) is 6.53. The van der Waals surface area contributed by atoms with Crippen molar-refractivity contribution in [1.29, 1.82) is 0 Å². The third kappa shape index (κ3) is 5.45. The lowest BCUT2D eigenvalue weighted by molar-refractivity contribution is -0.117. The van der Waals surface area contributed by atoms with Gasteiger partial charge in [0.2, 0.25) is 5.95 Å². The van der Waals surface area contributed by atoms with E-state index in [9.17, 15) is 4.79 Å². The highest BCUT2D eigenvalue weighted by Crippen LogP contribution is 2.38. The van der Waals surface area contributed by atoms with Crippen LogP contribution in [-0.2, 0) is 4.79 Å². The molecule has 0 spiro atoms. The molecular formula is C26H29ClN8O2. The van der Waals surface area contributed by atoms with Crippen LogP contribution in [0.5, 0.6) is 5.75 Å². The van der Waals surface area contributed by atoms with Crippen LogP contribution >= 0.6 is 11.6 Å². The van der Waals surface area contributed by atoms with E-state index in [1.807, 2.05) is 31.2 Å². The summed E-state index contributed by atoms with van der Waals surface area (Å²) in [5, 5.41) is 6.77. The lowest BCUT2D eigenvalue weighted by Crippen LogP contribution is -2.44. The molecule has 5 rings (SSSR count). The average molecular weight is 521 g/mol. The summed E-state index contributed by atoms with van der Waals surface area (Å²) >= 11 is 6.39. The van der Waals surface area contributed by atoms with Gasteiger partial charge >= 0.3 is 0 Å². The zero-order valence-corrected chi connectivity index (χ0v) is 21.6. The fourth-order valence-corrected chi connectivity index (χ4v) is 4.38. The van der Waals surface area contributed by atoms with E-state index in [0.29, 0.717) is 40.5 Å². The molecule has 0 aliphatic carbocycles. The van der Waals surface area contributed by atoms with Gasteiger partial charge in [0.1, 0.15) is 10.8 Å². The number of fused-ring (bicyclic) bond motifs is 1. The Morgan fingerprint density at radius 2 is 1.84 bits per heavy atom. The zero-order valence-electron chi connectivity index (χ0n) is 20.9. The maximum atomic E-state index is 12.6. The molecule has 0 saturated carbocycles. The first-order valence-corrected chi connectivity index (χ1v) is 12.6. The quantitative estimate of drug-likeness (QED) is 0.439. The number of amides is 1. The number of hydrogen-bond acceptors (Lipinski definition) is 9. The van der Waals surface area contributed by atoms with Crippen LogP contribution in [0.4, 0.5) is 34.6 Å². The van der Waals surface area contributed by atoms with Crippen molar-refractivity contribution < 1.29 is 9.53 Å². The number of halogens is 1. The lowest BCUT2D eigenvalue weighted by atomic mass is 10.2. The molecule has 10 nitrogen and oxygen atoms in total. The number of carbonyl (C=O) groups excluding carboxylic acids is 1. The largest absolute Gasteiger partial charge is 0.450 e. The van der Waals surface area contributed by atoms with Gasteiger partial charge in [0.15, 0.2) is 17.3 Å². The first-order valence-electron chi connectivity index (χ1n) is 12.2. The third-order valence-electron chi connectivity index (χ3n) is 6.25. The monoisotopic (exact) mass is 520 g/mol. The highest BCUT2D eigenvalue weighted by atomic mass is 35.5. The number of ether oxygens (including phenoxy) is 1. The molecule has 11 heteroatoms. The molecule has 4 heterocycles. The molecule has 0 radical (unpaired) electrons. The number of anilines is 6. The Morgan fingerprint density at radius 3 is 2.57 bits per heavy atom. The number of rotatable bonds is 7. The Bertz CT molecular complexity index is 1310. The van der Waals surface area contributed by atoms with E-state index in [1.54, 1.807) is 17.2 Å². The lowest BCUT2D eigenvalue weighted by Gasteiger charge is -2.33. The van der Waals surface area contributed by atoms with Crippen LogP contribution in [0.2, 0.25) is 5.02 Å². The summed E-state index contributed by atoms with van der Waals surface area (Å²) in [7, 11) is 2.13. The number of carbonyl (C=O) groups is 1. The van der Waals surface area contributed by atoms with Crippen molar-refractivity contribution in [3.05, 3.63) is 60.1 Å². The summed E-state index contributed by atoms with van der Waals surface area (Å²) in [5.41, 5.74) is 2.14. The molecule has 0 bridgehead atoms. The van der Waals surface area contributed by atoms with Gasteiger partial charge in [-0.15, -0.1) is 0 Å². The van der Waals surface area contributed by atoms with E-state index >= 15 is 0 Å². The van der Waals surface area contributed by atoms with E-state index < -0.39 is 0 Å². The Kier molecular flexibility index (Phi) is 7.11. The highest BCUT2D eigenvalue weighted by molar-refractivity contribution is 6.32. The molecule has 2 aliphatic rings. The van der Waals surface area contributed by atoms with E-state index in [1.165, 1.54) is 6.20 Å². The number of benzene rings is 1. The van der Waals surface area contributed by atoms with Crippen LogP contribution in [0.1, 0.15) is 13.3 Å². The summed E-state index contributed by atoms with van der Waals surface area (Å²) in [4.78, 5) is 32.3. The van der Waals surface area contributed by atoms with E-state index in [0.717, 1.165) is 44.1 Å². The Morgan fingerprint density at radius 1 is 1.05 bits per heavy atom.